The van der Waals surface area contributed by atoms with Crippen LogP contribution in [0.4, 0.5) is 0 Å². The highest BCUT2D eigenvalue weighted by Crippen LogP contribution is 2.34. The Balaban J connectivity index is 2.13. The lowest BCUT2D eigenvalue weighted by Gasteiger charge is -2.32. The van der Waals surface area contributed by atoms with E-state index in [2.05, 4.69) is 33.0 Å². The Morgan fingerprint density at radius 2 is 1.86 bits per heavy atom. The fourth-order valence-electron chi connectivity index (χ4n) is 2.50. The molecule has 1 N–H and O–H groups in total. The van der Waals surface area contributed by atoms with E-state index in [0.29, 0.717) is 6.04 Å². The minimum absolute atomic E-state index is 0.648. The molecule has 0 saturated heterocycles. The van der Waals surface area contributed by atoms with E-state index in [9.17, 15) is 0 Å². The molecular weight excluding hydrogens is 170 g/mol. The van der Waals surface area contributed by atoms with E-state index in [4.69, 9.17) is 0 Å². The van der Waals surface area contributed by atoms with Crippen LogP contribution >= 0.6 is 0 Å². The molecule has 1 heteroatoms. The number of rotatable bonds is 4. The maximum absolute atomic E-state index is 3.52. The van der Waals surface area contributed by atoms with Gasteiger partial charge in [-0.1, -0.05) is 40.5 Å². The van der Waals surface area contributed by atoms with Gasteiger partial charge in [0.05, 0.1) is 0 Å². The van der Waals surface area contributed by atoms with Gasteiger partial charge in [-0.2, -0.15) is 0 Å². The molecule has 1 fully saturated rings. The van der Waals surface area contributed by atoms with Gasteiger partial charge in [0.1, 0.15) is 0 Å². The zero-order valence-electron chi connectivity index (χ0n) is 10.3. The molecule has 0 aromatic heterocycles. The minimum Gasteiger partial charge on any atom is -0.315 e. The van der Waals surface area contributed by atoms with Crippen LogP contribution in [0, 0.1) is 17.8 Å². The molecule has 1 aliphatic carbocycles. The van der Waals surface area contributed by atoms with Crippen LogP contribution in [0.5, 0.6) is 0 Å². The van der Waals surface area contributed by atoms with E-state index < -0.39 is 0 Å². The first-order chi connectivity index (χ1) is 6.59. The first-order valence-electron chi connectivity index (χ1n) is 6.33. The van der Waals surface area contributed by atoms with E-state index in [-0.39, 0.29) is 0 Å². The summed E-state index contributed by atoms with van der Waals surface area (Å²) in [6.45, 7) is 10.5. The van der Waals surface area contributed by atoms with Gasteiger partial charge in [0.15, 0.2) is 0 Å². The predicted octanol–water partition coefficient (Wildman–Crippen LogP) is 3.45. The van der Waals surface area contributed by atoms with E-state index >= 15 is 0 Å². The molecule has 0 bridgehead atoms. The van der Waals surface area contributed by atoms with Crippen LogP contribution in [0.3, 0.4) is 0 Å². The smallest absolute Gasteiger partial charge is 0.00103 e. The standard InChI is InChI=1S/C13H27N/c1-10(2)14-8-7-13-6-5-11(3)12(4)9-13/h10-14H,5-9H2,1-4H3. The van der Waals surface area contributed by atoms with E-state index in [1.165, 1.54) is 32.2 Å². The van der Waals surface area contributed by atoms with Crippen molar-refractivity contribution in [3.63, 3.8) is 0 Å². The van der Waals surface area contributed by atoms with Crippen LogP contribution < -0.4 is 5.32 Å². The van der Waals surface area contributed by atoms with Crippen LogP contribution in [0.15, 0.2) is 0 Å². The summed E-state index contributed by atoms with van der Waals surface area (Å²) in [5.41, 5.74) is 0. The van der Waals surface area contributed by atoms with Crippen molar-refractivity contribution in [2.45, 2.75) is 59.4 Å². The summed E-state index contributed by atoms with van der Waals surface area (Å²) < 4.78 is 0. The molecule has 3 unspecified atom stereocenters. The summed E-state index contributed by atoms with van der Waals surface area (Å²) in [7, 11) is 0. The van der Waals surface area contributed by atoms with Gasteiger partial charge in [-0.15, -0.1) is 0 Å². The van der Waals surface area contributed by atoms with E-state index in [1.54, 1.807) is 0 Å². The Bertz CT molecular complexity index is 153. The molecule has 1 nitrogen and oxygen atoms in total. The molecular formula is C13H27N. The van der Waals surface area contributed by atoms with Gasteiger partial charge in [-0.25, -0.2) is 0 Å². The van der Waals surface area contributed by atoms with Crippen LogP contribution in [0.1, 0.15) is 53.4 Å². The largest absolute Gasteiger partial charge is 0.315 e. The highest BCUT2D eigenvalue weighted by atomic mass is 14.9. The molecule has 0 amide bonds. The van der Waals surface area contributed by atoms with Gasteiger partial charge in [0, 0.05) is 6.04 Å². The summed E-state index contributed by atoms with van der Waals surface area (Å²) >= 11 is 0. The Hall–Kier alpha value is -0.0400. The molecule has 0 radical (unpaired) electrons. The van der Waals surface area contributed by atoms with Crippen molar-refractivity contribution in [1.82, 2.24) is 5.32 Å². The maximum Gasteiger partial charge on any atom is 0.00103 e. The fourth-order valence-corrected chi connectivity index (χ4v) is 2.50. The average Bonchev–Trinajstić information content (AvgIpc) is 2.10. The van der Waals surface area contributed by atoms with Crippen LogP contribution in [0.2, 0.25) is 0 Å². The first kappa shape index (κ1) is 12.0. The van der Waals surface area contributed by atoms with Crippen molar-refractivity contribution in [3.8, 4) is 0 Å². The second-order valence-corrected chi connectivity index (χ2v) is 5.53. The fraction of sp³-hybridized carbons (Fsp3) is 1.00. The predicted molar refractivity (Wildman–Crippen MR) is 63.4 cm³/mol. The van der Waals surface area contributed by atoms with Crippen molar-refractivity contribution >= 4 is 0 Å². The van der Waals surface area contributed by atoms with Crippen molar-refractivity contribution in [2.75, 3.05) is 6.54 Å². The molecule has 1 rings (SSSR count). The molecule has 0 aromatic rings. The number of nitrogens with one attached hydrogen (secondary N) is 1. The van der Waals surface area contributed by atoms with Gasteiger partial charge in [-0.3, -0.25) is 0 Å². The third kappa shape index (κ3) is 4.00. The van der Waals surface area contributed by atoms with E-state index in [1.807, 2.05) is 0 Å². The van der Waals surface area contributed by atoms with Crippen LogP contribution in [-0.2, 0) is 0 Å². The van der Waals surface area contributed by atoms with E-state index in [0.717, 1.165) is 17.8 Å². The second kappa shape index (κ2) is 5.75. The summed E-state index contributed by atoms with van der Waals surface area (Å²) in [5.74, 6) is 2.91. The van der Waals surface area contributed by atoms with Crippen molar-refractivity contribution < 1.29 is 0 Å². The molecule has 0 aromatic carbocycles. The number of hydrogen-bond donors (Lipinski definition) is 1. The Labute approximate surface area is 89.7 Å². The van der Waals surface area contributed by atoms with Gasteiger partial charge in [0.25, 0.3) is 0 Å². The highest BCUT2D eigenvalue weighted by Gasteiger charge is 2.23. The second-order valence-electron chi connectivity index (χ2n) is 5.53. The Kier molecular flexibility index (Phi) is 4.94. The highest BCUT2D eigenvalue weighted by molar-refractivity contribution is 4.75. The zero-order valence-corrected chi connectivity index (χ0v) is 10.3. The maximum atomic E-state index is 3.52. The third-order valence-electron chi connectivity index (χ3n) is 3.81. The third-order valence-corrected chi connectivity index (χ3v) is 3.81. The number of hydrogen-bond acceptors (Lipinski definition) is 1. The Morgan fingerprint density at radius 3 is 2.43 bits per heavy atom. The molecule has 0 spiro atoms. The summed E-state index contributed by atoms with van der Waals surface area (Å²) in [6.07, 6.45) is 5.76. The van der Waals surface area contributed by atoms with Gasteiger partial charge in [-0.05, 0) is 37.1 Å². The van der Waals surface area contributed by atoms with Gasteiger partial charge < -0.3 is 5.32 Å². The summed E-state index contributed by atoms with van der Waals surface area (Å²) in [5, 5.41) is 3.52. The molecule has 0 heterocycles. The quantitative estimate of drug-likeness (QED) is 0.728. The Morgan fingerprint density at radius 1 is 1.14 bits per heavy atom. The average molecular weight is 197 g/mol. The molecule has 84 valence electrons. The normalized spacial score (nSPS) is 33.6. The van der Waals surface area contributed by atoms with Gasteiger partial charge in [0.2, 0.25) is 0 Å². The lowest BCUT2D eigenvalue weighted by molar-refractivity contribution is 0.199. The molecule has 3 atom stereocenters. The summed E-state index contributed by atoms with van der Waals surface area (Å²) in [4.78, 5) is 0. The lowest BCUT2D eigenvalue weighted by Crippen LogP contribution is -2.28. The lowest BCUT2D eigenvalue weighted by atomic mass is 9.75. The molecule has 1 aliphatic rings. The minimum atomic E-state index is 0.648. The monoisotopic (exact) mass is 197 g/mol. The zero-order chi connectivity index (χ0) is 10.6. The molecule has 14 heavy (non-hydrogen) atoms. The SMILES string of the molecule is CC(C)NCCC1CCC(C)C(C)C1. The van der Waals surface area contributed by atoms with Crippen molar-refractivity contribution in [1.29, 1.82) is 0 Å². The molecule has 0 aliphatic heterocycles. The van der Waals surface area contributed by atoms with Crippen molar-refractivity contribution in [3.05, 3.63) is 0 Å². The van der Waals surface area contributed by atoms with Crippen LogP contribution in [-0.4, -0.2) is 12.6 Å². The molecule has 1 saturated carbocycles. The topological polar surface area (TPSA) is 12.0 Å². The van der Waals surface area contributed by atoms with Gasteiger partial charge >= 0.3 is 0 Å². The van der Waals surface area contributed by atoms with Crippen molar-refractivity contribution in [2.24, 2.45) is 17.8 Å². The first-order valence-corrected chi connectivity index (χ1v) is 6.33. The van der Waals surface area contributed by atoms with Crippen LogP contribution in [0.25, 0.3) is 0 Å². The summed E-state index contributed by atoms with van der Waals surface area (Å²) in [6, 6.07) is 0.648.